The lowest BCUT2D eigenvalue weighted by Crippen LogP contribution is -2.52. The first-order valence-corrected chi connectivity index (χ1v) is 6.46. The number of nitrogens with zero attached hydrogens (tertiary/aromatic N) is 3. The molecule has 1 saturated heterocycles. The molecule has 0 spiro atoms. The van der Waals surface area contributed by atoms with E-state index < -0.39 is 0 Å². The Morgan fingerprint density at radius 3 is 2.82 bits per heavy atom. The molecule has 1 saturated carbocycles. The van der Waals surface area contributed by atoms with Crippen molar-refractivity contribution in [3.8, 4) is 0 Å². The molecule has 2 heterocycles. The zero-order valence-electron chi connectivity index (χ0n) is 10.3. The van der Waals surface area contributed by atoms with Gasteiger partial charge in [-0.05, 0) is 25.8 Å². The van der Waals surface area contributed by atoms with E-state index in [4.69, 9.17) is 5.73 Å². The summed E-state index contributed by atoms with van der Waals surface area (Å²) in [4.78, 5) is 9.09. The Morgan fingerprint density at radius 1 is 1.35 bits per heavy atom. The molecule has 2 aliphatic rings. The van der Waals surface area contributed by atoms with Crippen molar-refractivity contribution >= 4 is 11.4 Å². The second-order valence-corrected chi connectivity index (χ2v) is 5.20. The summed E-state index contributed by atoms with van der Waals surface area (Å²) in [5, 5.41) is 0. The van der Waals surface area contributed by atoms with Gasteiger partial charge in [0.1, 0.15) is 0 Å². The molecule has 0 amide bonds. The van der Waals surface area contributed by atoms with Gasteiger partial charge in [-0.1, -0.05) is 0 Å². The highest BCUT2D eigenvalue weighted by atomic mass is 15.3. The highest BCUT2D eigenvalue weighted by molar-refractivity contribution is 5.66. The van der Waals surface area contributed by atoms with E-state index in [2.05, 4.69) is 21.7 Å². The van der Waals surface area contributed by atoms with Crippen molar-refractivity contribution in [1.82, 2.24) is 9.88 Å². The van der Waals surface area contributed by atoms with Crippen molar-refractivity contribution in [1.29, 1.82) is 0 Å². The van der Waals surface area contributed by atoms with Gasteiger partial charge in [-0.2, -0.15) is 0 Å². The summed E-state index contributed by atoms with van der Waals surface area (Å²) in [6.45, 7) is 5.63. The Bertz CT molecular complexity index is 402. The second kappa shape index (κ2) is 4.18. The van der Waals surface area contributed by atoms with E-state index in [1.807, 2.05) is 12.3 Å². The maximum Gasteiger partial charge on any atom is 0.0738 e. The molecule has 0 bridgehead atoms. The van der Waals surface area contributed by atoms with E-state index in [0.717, 1.165) is 37.1 Å². The van der Waals surface area contributed by atoms with Crippen LogP contribution in [0.2, 0.25) is 0 Å². The van der Waals surface area contributed by atoms with Crippen LogP contribution in [0.5, 0.6) is 0 Å². The van der Waals surface area contributed by atoms with Crippen LogP contribution in [-0.2, 0) is 0 Å². The van der Waals surface area contributed by atoms with E-state index in [1.165, 1.54) is 12.8 Å². The molecule has 92 valence electrons. The molecule has 1 aromatic heterocycles. The largest absolute Gasteiger partial charge is 0.396 e. The van der Waals surface area contributed by atoms with Crippen molar-refractivity contribution in [2.45, 2.75) is 31.8 Å². The first-order valence-electron chi connectivity index (χ1n) is 6.46. The fourth-order valence-electron chi connectivity index (χ4n) is 2.83. The molecular formula is C13H20N4. The smallest absolute Gasteiger partial charge is 0.0738 e. The van der Waals surface area contributed by atoms with Gasteiger partial charge in [0.15, 0.2) is 0 Å². The van der Waals surface area contributed by atoms with Crippen LogP contribution in [0.15, 0.2) is 18.5 Å². The number of anilines is 2. The van der Waals surface area contributed by atoms with Crippen LogP contribution < -0.4 is 10.6 Å². The van der Waals surface area contributed by atoms with Crippen LogP contribution in [0.1, 0.15) is 19.8 Å². The van der Waals surface area contributed by atoms with Crippen molar-refractivity contribution in [2.24, 2.45) is 0 Å². The summed E-state index contributed by atoms with van der Waals surface area (Å²) in [5.74, 6) is 0. The van der Waals surface area contributed by atoms with Gasteiger partial charge in [0.25, 0.3) is 0 Å². The number of hydrogen-bond acceptors (Lipinski definition) is 4. The van der Waals surface area contributed by atoms with Crippen molar-refractivity contribution in [2.75, 3.05) is 30.3 Å². The first kappa shape index (κ1) is 10.8. The molecule has 17 heavy (non-hydrogen) atoms. The molecule has 1 aromatic rings. The summed E-state index contributed by atoms with van der Waals surface area (Å²) < 4.78 is 0. The maximum absolute atomic E-state index is 5.99. The van der Waals surface area contributed by atoms with Gasteiger partial charge in [-0.25, -0.2) is 0 Å². The fraction of sp³-hybridized carbons (Fsp3) is 0.615. The number of piperazine rings is 1. The quantitative estimate of drug-likeness (QED) is 0.835. The lowest BCUT2D eigenvalue weighted by Gasteiger charge is -2.41. The van der Waals surface area contributed by atoms with Crippen LogP contribution in [0.3, 0.4) is 0 Å². The minimum absolute atomic E-state index is 0.629. The van der Waals surface area contributed by atoms with Gasteiger partial charge >= 0.3 is 0 Å². The molecule has 0 aromatic carbocycles. The second-order valence-electron chi connectivity index (χ2n) is 5.20. The SMILES string of the molecule is CC1CN(c2ccncc2N)CCN1C1CC1. The summed E-state index contributed by atoms with van der Waals surface area (Å²) in [6.07, 6.45) is 6.35. The molecular weight excluding hydrogens is 212 g/mol. The molecule has 1 aliphatic heterocycles. The van der Waals surface area contributed by atoms with Gasteiger partial charge in [-0.3, -0.25) is 9.88 Å². The Morgan fingerprint density at radius 2 is 2.18 bits per heavy atom. The van der Waals surface area contributed by atoms with Crippen LogP contribution in [0.4, 0.5) is 11.4 Å². The third-order valence-corrected chi connectivity index (χ3v) is 3.86. The van der Waals surface area contributed by atoms with Crippen LogP contribution >= 0.6 is 0 Å². The third kappa shape index (κ3) is 2.09. The van der Waals surface area contributed by atoms with Gasteiger partial charge in [0, 0.05) is 37.9 Å². The number of hydrogen-bond donors (Lipinski definition) is 1. The molecule has 4 heteroatoms. The molecule has 1 unspecified atom stereocenters. The highest BCUT2D eigenvalue weighted by Crippen LogP contribution is 2.32. The predicted octanol–water partition coefficient (Wildman–Crippen LogP) is 1.34. The predicted molar refractivity (Wildman–Crippen MR) is 70.1 cm³/mol. The molecule has 1 aliphatic carbocycles. The average molecular weight is 232 g/mol. The van der Waals surface area contributed by atoms with Gasteiger partial charge in [0.05, 0.1) is 17.6 Å². The fourth-order valence-corrected chi connectivity index (χ4v) is 2.83. The number of nitrogens with two attached hydrogens (primary N) is 1. The van der Waals surface area contributed by atoms with Crippen LogP contribution in [0, 0.1) is 0 Å². The molecule has 2 fully saturated rings. The average Bonchev–Trinajstić information content (AvgIpc) is 3.13. The molecule has 4 nitrogen and oxygen atoms in total. The summed E-state index contributed by atoms with van der Waals surface area (Å²) in [5.41, 5.74) is 7.92. The molecule has 2 N–H and O–H groups in total. The van der Waals surface area contributed by atoms with E-state index in [0.29, 0.717) is 6.04 Å². The highest BCUT2D eigenvalue weighted by Gasteiger charge is 2.35. The van der Waals surface area contributed by atoms with E-state index in [-0.39, 0.29) is 0 Å². The summed E-state index contributed by atoms with van der Waals surface area (Å²) >= 11 is 0. The summed E-state index contributed by atoms with van der Waals surface area (Å²) in [7, 11) is 0. The van der Waals surface area contributed by atoms with Gasteiger partial charge < -0.3 is 10.6 Å². The standard InChI is InChI=1S/C13H20N4/c1-10-9-16(6-7-17(10)11-2-3-11)13-4-5-15-8-12(13)14/h4-5,8,10-11H,2-3,6-7,9,14H2,1H3. The Labute approximate surface area is 102 Å². The molecule has 3 rings (SSSR count). The summed E-state index contributed by atoms with van der Waals surface area (Å²) in [6, 6.07) is 3.51. The van der Waals surface area contributed by atoms with Crippen molar-refractivity contribution < 1.29 is 0 Å². The van der Waals surface area contributed by atoms with E-state index >= 15 is 0 Å². The normalized spacial score (nSPS) is 26.2. The lowest BCUT2D eigenvalue weighted by molar-refractivity contribution is 0.180. The van der Waals surface area contributed by atoms with Crippen molar-refractivity contribution in [3.63, 3.8) is 0 Å². The zero-order valence-corrected chi connectivity index (χ0v) is 10.3. The number of rotatable bonds is 2. The number of aromatic nitrogens is 1. The van der Waals surface area contributed by atoms with E-state index in [9.17, 15) is 0 Å². The lowest BCUT2D eigenvalue weighted by atomic mass is 10.1. The minimum Gasteiger partial charge on any atom is -0.396 e. The van der Waals surface area contributed by atoms with Gasteiger partial charge in [0.2, 0.25) is 0 Å². The van der Waals surface area contributed by atoms with Crippen molar-refractivity contribution in [3.05, 3.63) is 18.5 Å². The number of nitrogen functional groups attached to an aromatic ring is 1. The molecule has 1 atom stereocenters. The first-order chi connectivity index (χ1) is 8.25. The molecule has 0 radical (unpaired) electrons. The Hall–Kier alpha value is -1.29. The Kier molecular flexibility index (Phi) is 2.67. The zero-order chi connectivity index (χ0) is 11.8. The third-order valence-electron chi connectivity index (χ3n) is 3.86. The van der Waals surface area contributed by atoms with Crippen LogP contribution in [0.25, 0.3) is 0 Å². The van der Waals surface area contributed by atoms with Crippen LogP contribution in [-0.4, -0.2) is 41.6 Å². The Balaban J connectivity index is 1.72. The minimum atomic E-state index is 0.629. The van der Waals surface area contributed by atoms with E-state index in [1.54, 1.807) is 6.20 Å². The maximum atomic E-state index is 5.99. The monoisotopic (exact) mass is 232 g/mol. The topological polar surface area (TPSA) is 45.4 Å². The van der Waals surface area contributed by atoms with Gasteiger partial charge in [-0.15, -0.1) is 0 Å². The number of pyridine rings is 1.